The lowest BCUT2D eigenvalue weighted by Gasteiger charge is -2.13. The van der Waals surface area contributed by atoms with Gasteiger partial charge in [0.25, 0.3) is 0 Å². The maximum atomic E-state index is 13.2. The number of carbonyl (C=O) groups excluding carboxylic acids is 1. The van der Waals surface area contributed by atoms with Crippen LogP contribution in [0.15, 0.2) is 76.2 Å². The highest BCUT2D eigenvalue weighted by Crippen LogP contribution is 2.36. The van der Waals surface area contributed by atoms with E-state index in [1.165, 1.54) is 38.7 Å². The van der Waals surface area contributed by atoms with E-state index in [2.05, 4.69) is 4.98 Å². The van der Waals surface area contributed by atoms with E-state index in [4.69, 9.17) is 18.6 Å². The van der Waals surface area contributed by atoms with Crippen LogP contribution in [0.25, 0.3) is 22.3 Å². The summed E-state index contributed by atoms with van der Waals surface area (Å²) >= 11 is 0. The van der Waals surface area contributed by atoms with Crippen LogP contribution >= 0.6 is 0 Å². The van der Waals surface area contributed by atoms with Crippen LogP contribution in [0.3, 0.4) is 0 Å². The van der Waals surface area contributed by atoms with E-state index in [9.17, 15) is 9.59 Å². The fourth-order valence-corrected chi connectivity index (χ4v) is 3.02. The number of carbonyl (C=O) groups is 1. The number of aromatic nitrogens is 1. The number of fused-ring (bicyclic) bond motifs is 1. The molecule has 4 aromatic rings. The summed E-state index contributed by atoms with van der Waals surface area (Å²) in [6.45, 7) is 0. The average molecular weight is 403 g/mol. The summed E-state index contributed by atoms with van der Waals surface area (Å²) in [7, 11) is 3.03. The molecule has 30 heavy (non-hydrogen) atoms. The lowest BCUT2D eigenvalue weighted by atomic mass is 10.1. The van der Waals surface area contributed by atoms with E-state index in [1.54, 1.807) is 42.5 Å². The first kappa shape index (κ1) is 19.2. The molecule has 150 valence electrons. The number of pyridine rings is 1. The van der Waals surface area contributed by atoms with E-state index >= 15 is 0 Å². The Morgan fingerprint density at radius 2 is 1.67 bits per heavy atom. The summed E-state index contributed by atoms with van der Waals surface area (Å²) in [6.07, 6.45) is 2.93. The second-order valence-electron chi connectivity index (χ2n) is 6.28. The van der Waals surface area contributed by atoms with Crippen LogP contribution < -0.4 is 19.6 Å². The van der Waals surface area contributed by atoms with E-state index in [1.807, 2.05) is 0 Å². The van der Waals surface area contributed by atoms with Gasteiger partial charge in [0.05, 0.1) is 25.2 Å². The zero-order valence-electron chi connectivity index (χ0n) is 16.2. The van der Waals surface area contributed by atoms with Crippen molar-refractivity contribution in [1.29, 1.82) is 0 Å². The molecule has 0 amide bonds. The average Bonchev–Trinajstić information content (AvgIpc) is 2.80. The van der Waals surface area contributed by atoms with Crippen LogP contribution in [0.2, 0.25) is 0 Å². The molecule has 0 atom stereocenters. The van der Waals surface area contributed by atoms with Crippen molar-refractivity contribution >= 4 is 16.9 Å². The van der Waals surface area contributed by atoms with Crippen molar-refractivity contribution in [2.75, 3.05) is 14.2 Å². The molecule has 0 aliphatic carbocycles. The van der Waals surface area contributed by atoms with Gasteiger partial charge in [-0.3, -0.25) is 9.78 Å². The summed E-state index contributed by atoms with van der Waals surface area (Å²) in [4.78, 5) is 29.7. The number of methoxy groups -OCH3 is 2. The van der Waals surface area contributed by atoms with Crippen LogP contribution in [-0.4, -0.2) is 25.2 Å². The molecule has 0 N–H and O–H groups in total. The summed E-state index contributed by atoms with van der Waals surface area (Å²) in [6, 6.07) is 14.8. The molecule has 2 aromatic heterocycles. The second-order valence-corrected chi connectivity index (χ2v) is 6.28. The van der Waals surface area contributed by atoms with Crippen LogP contribution in [0.1, 0.15) is 10.4 Å². The molecule has 0 spiro atoms. The van der Waals surface area contributed by atoms with Gasteiger partial charge in [-0.15, -0.1) is 0 Å². The quantitative estimate of drug-likeness (QED) is 0.464. The van der Waals surface area contributed by atoms with Crippen LogP contribution in [0.5, 0.6) is 17.2 Å². The lowest BCUT2D eigenvalue weighted by Crippen LogP contribution is -2.16. The fourth-order valence-electron chi connectivity index (χ4n) is 3.02. The molecule has 2 heterocycles. The van der Waals surface area contributed by atoms with E-state index in [0.29, 0.717) is 28.0 Å². The minimum Gasteiger partial charge on any atom is -0.493 e. The highest BCUT2D eigenvalue weighted by atomic mass is 16.5. The van der Waals surface area contributed by atoms with Crippen LogP contribution in [-0.2, 0) is 0 Å². The molecule has 7 heteroatoms. The zero-order valence-corrected chi connectivity index (χ0v) is 16.2. The number of benzene rings is 2. The zero-order chi connectivity index (χ0) is 21.1. The van der Waals surface area contributed by atoms with E-state index in [-0.39, 0.29) is 17.1 Å². The normalized spacial score (nSPS) is 10.6. The number of hydrogen-bond donors (Lipinski definition) is 0. The largest absolute Gasteiger partial charge is 0.493 e. The number of para-hydroxylation sites is 1. The molecule has 0 radical (unpaired) electrons. The van der Waals surface area contributed by atoms with Crippen molar-refractivity contribution in [2.45, 2.75) is 0 Å². The molecule has 4 rings (SSSR count). The van der Waals surface area contributed by atoms with Gasteiger partial charge >= 0.3 is 5.97 Å². The van der Waals surface area contributed by atoms with Crippen molar-refractivity contribution in [3.63, 3.8) is 0 Å². The molecule has 0 bridgehead atoms. The summed E-state index contributed by atoms with van der Waals surface area (Å²) in [5.74, 6) is 0.170. The Morgan fingerprint density at radius 3 is 2.40 bits per heavy atom. The SMILES string of the molecule is COc1ccc(-c2oc3ccccc3c(=O)c2OC(=O)c2ccncc2)cc1OC. The van der Waals surface area contributed by atoms with Crippen LogP contribution in [0, 0.1) is 0 Å². The monoisotopic (exact) mass is 403 g/mol. The standard InChI is InChI=1S/C23H17NO6/c1-27-18-8-7-15(13-19(18)28-2)21-22(30-23(26)14-9-11-24-12-10-14)20(25)16-5-3-4-6-17(16)29-21/h3-13H,1-2H3. The number of nitrogens with zero attached hydrogens (tertiary/aromatic N) is 1. The Morgan fingerprint density at radius 1 is 0.933 bits per heavy atom. The fraction of sp³-hybridized carbons (Fsp3) is 0.0870. The molecule has 0 saturated heterocycles. The predicted molar refractivity (Wildman–Crippen MR) is 110 cm³/mol. The molecular weight excluding hydrogens is 386 g/mol. The van der Waals surface area contributed by atoms with Gasteiger partial charge < -0.3 is 18.6 Å². The third kappa shape index (κ3) is 3.48. The summed E-state index contributed by atoms with van der Waals surface area (Å²) in [5, 5.41) is 0.305. The Balaban J connectivity index is 1.91. The first-order chi connectivity index (χ1) is 14.6. The van der Waals surface area contributed by atoms with Gasteiger partial charge in [0.2, 0.25) is 11.2 Å². The Hall–Kier alpha value is -4.13. The first-order valence-electron chi connectivity index (χ1n) is 9.03. The third-order valence-electron chi connectivity index (χ3n) is 4.51. The molecule has 2 aromatic carbocycles. The molecule has 0 saturated carbocycles. The lowest BCUT2D eigenvalue weighted by molar-refractivity contribution is 0.0731. The molecule has 7 nitrogen and oxygen atoms in total. The van der Waals surface area contributed by atoms with Gasteiger partial charge in [-0.25, -0.2) is 4.79 Å². The minimum absolute atomic E-state index is 0.113. The van der Waals surface area contributed by atoms with Gasteiger partial charge in [-0.1, -0.05) is 12.1 Å². The number of hydrogen-bond acceptors (Lipinski definition) is 7. The number of esters is 1. The van der Waals surface area contributed by atoms with Gasteiger partial charge in [0.15, 0.2) is 17.3 Å². The third-order valence-corrected chi connectivity index (χ3v) is 4.51. The van der Waals surface area contributed by atoms with E-state index < -0.39 is 11.4 Å². The second kappa shape index (κ2) is 8.08. The molecular formula is C23H17NO6. The number of rotatable bonds is 5. The van der Waals surface area contributed by atoms with Crippen molar-refractivity contribution in [3.05, 3.63) is 82.8 Å². The van der Waals surface area contributed by atoms with Gasteiger partial charge in [-0.2, -0.15) is 0 Å². The molecule has 0 fully saturated rings. The Kier molecular flexibility index (Phi) is 5.17. The van der Waals surface area contributed by atoms with Crippen molar-refractivity contribution in [1.82, 2.24) is 4.98 Å². The smallest absolute Gasteiger partial charge is 0.343 e. The summed E-state index contributed by atoms with van der Waals surface area (Å²) in [5.41, 5.74) is 0.670. The van der Waals surface area contributed by atoms with Gasteiger partial charge in [-0.05, 0) is 42.5 Å². The van der Waals surface area contributed by atoms with Crippen molar-refractivity contribution < 1.29 is 23.4 Å². The maximum Gasteiger partial charge on any atom is 0.343 e. The van der Waals surface area contributed by atoms with Crippen molar-refractivity contribution in [3.8, 4) is 28.6 Å². The maximum absolute atomic E-state index is 13.2. The van der Waals surface area contributed by atoms with E-state index in [0.717, 1.165) is 0 Å². The predicted octanol–water partition coefficient (Wildman–Crippen LogP) is 4.09. The first-order valence-corrected chi connectivity index (χ1v) is 9.03. The molecule has 0 aliphatic heterocycles. The summed E-state index contributed by atoms with van der Waals surface area (Å²) < 4.78 is 22.1. The van der Waals surface area contributed by atoms with Gasteiger partial charge in [0.1, 0.15) is 5.58 Å². The molecule has 0 unspecified atom stereocenters. The number of ether oxygens (including phenoxy) is 3. The van der Waals surface area contributed by atoms with Gasteiger partial charge in [0, 0.05) is 18.0 Å². The Bertz CT molecular complexity index is 1280. The highest BCUT2D eigenvalue weighted by molar-refractivity contribution is 5.92. The van der Waals surface area contributed by atoms with Crippen molar-refractivity contribution in [2.24, 2.45) is 0 Å². The van der Waals surface area contributed by atoms with Crippen LogP contribution in [0.4, 0.5) is 0 Å². The highest BCUT2D eigenvalue weighted by Gasteiger charge is 2.22. The minimum atomic E-state index is -0.693. The molecule has 0 aliphatic rings. The topological polar surface area (TPSA) is 87.9 Å². The Labute approximate surface area is 171 Å².